The third kappa shape index (κ3) is 3.53. The fraction of sp³-hybridized carbons (Fsp3) is 0.462. The Bertz CT molecular complexity index is 406. The summed E-state index contributed by atoms with van der Waals surface area (Å²) < 4.78 is 13.4. The number of aryl methyl sites for hydroxylation is 1. The molecule has 0 saturated carbocycles. The molecule has 0 radical (unpaired) electrons. The first kappa shape index (κ1) is 13.6. The first-order valence-electron chi connectivity index (χ1n) is 5.69. The quantitative estimate of drug-likeness (QED) is 0.841. The molecule has 0 aliphatic carbocycles. The molecule has 1 rings (SSSR count). The van der Waals surface area contributed by atoms with E-state index in [4.69, 9.17) is 0 Å². The van der Waals surface area contributed by atoms with Gasteiger partial charge < -0.3 is 10.6 Å². The number of nitrogens with one attached hydrogen (secondary N) is 2. The average Bonchev–Trinajstić information content (AvgIpc) is 2.31. The Hall–Kier alpha value is -1.42. The van der Waals surface area contributed by atoms with E-state index in [1.165, 1.54) is 6.07 Å². The number of carbonyl (C=O) groups excluding carboxylic acids is 1. The van der Waals surface area contributed by atoms with Gasteiger partial charge in [-0.3, -0.25) is 4.79 Å². The van der Waals surface area contributed by atoms with Gasteiger partial charge >= 0.3 is 0 Å². The minimum atomic E-state index is -0.257. The van der Waals surface area contributed by atoms with E-state index < -0.39 is 0 Å². The zero-order valence-electron chi connectivity index (χ0n) is 10.7. The van der Waals surface area contributed by atoms with Crippen LogP contribution in [0.4, 0.5) is 4.39 Å². The molecule has 1 amide bonds. The molecule has 2 N–H and O–H groups in total. The monoisotopic (exact) mass is 238 g/mol. The van der Waals surface area contributed by atoms with Crippen LogP contribution >= 0.6 is 0 Å². The van der Waals surface area contributed by atoms with Crippen LogP contribution in [0.25, 0.3) is 0 Å². The third-order valence-corrected chi connectivity index (χ3v) is 2.88. The number of hydrogen-bond donors (Lipinski definition) is 2. The third-order valence-electron chi connectivity index (χ3n) is 2.88. The van der Waals surface area contributed by atoms with Crippen LogP contribution in [0, 0.1) is 12.7 Å². The number of benzene rings is 1. The van der Waals surface area contributed by atoms with Gasteiger partial charge in [0, 0.05) is 0 Å². The fourth-order valence-electron chi connectivity index (χ4n) is 1.43. The Balaban J connectivity index is 2.73. The molecule has 0 bridgehead atoms. The summed E-state index contributed by atoms with van der Waals surface area (Å²) in [6, 6.07) is 4.55. The first-order chi connectivity index (χ1) is 7.95. The molecular weight excluding hydrogens is 219 g/mol. The van der Waals surface area contributed by atoms with Gasteiger partial charge in [0.1, 0.15) is 5.82 Å². The van der Waals surface area contributed by atoms with Crippen LogP contribution in [0.5, 0.6) is 0 Å². The highest BCUT2D eigenvalue weighted by molar-refractivity contribution is 5.81. The summed E-state index contributed by atoms with van der Waals surface area (Å²) in [7, 11) is 1.72. The van der Waals surface area contributed by atoms with Gasteiger partial charge in [-0.05, 0) is 45.0 Å². The van der Waals surface area contributed by atoms with E-state index in [2.05, 4.69) is 10.6 Å². The summed E-state index contributed by atoms with van der Waals surface area (Å²) >= 11 is 0. The molecule has 1 aromatic rings. The largest absolute Gasteiger partial charge is 0.348 e. The van der Waals surface area contributed by atoms with Gasteiger partial charge in [-0.25, -0.2) is 4.39 Å². The maximum absolute atomic E-state index is 13.4. The Morgan fingerprint density at radius 2 is 2.00 bits per heavy atom. The molecule has 0 saturated heterocycles. The van der Waals surface area contributed by atoms with E-state index in [0.29, 0.717) is 5.56 Å². The summed E-state index contributed by atoms with van der Waals surface area (Å²) in [6.07, 6.45) is 0. The molecule has 0 aliphatic rings. The normalized spacial score (nSPS) is 14.2. The van der Waals surface area contributed by atoms with Crippen molar-refractivity contribution in [2.24, 2.45) is 0 Å². The van der Waals surface area contributed by atoms with Crippen molar-refractivity contribution in [3.8, 4) is 0 Å². The summed E-state index contributed by atoms with van der Waals surface area (Å²) in [5, 5.41) is 5.68. The molecule has 2 atom stereocenters. The van der Waals surface area contributed by atoms with Crippen molar-refractivity contribution in [3.05, 3.63) is 35.1 Å². The van der Waals surface area contributed by atoms with Crippen molar-refractivity contribution in [1.29, 1.82) is 0 Å². The number of halogens is 1. The SMILES string of the molecule is CNC(C)C(=O)NC(C)c1ccc(C)c(F)c1. The van der Waals surface area contributed by atoms with Crippen LogP contribution in [-0.2, 0) is 4.79 Å². The Morgan fingerprint density at radius 1 is 1.35 bits per heavy atom. The predicted molar refractivity (Wildman–Crippen MR) is 66.2 cm³/mol. The van der Waals surface area contributed by atoms with Crippen molar-refractivity contribution in [2.75, 3.05) is 7.05 Å². The smallest absolute Gasteiger partial charge is 0.237 e. The first-order valence-corrected chi connectivity index (χ1v) is 5.69. The molecule has 2 unspecified atom stereocenters. The standard InChI is InChI=1S/C13H19FN2O/c1-8-5-6-11(7-12(8)14)9(2)16-13(17)10(3)15-4/h5-7,9-10,15H,1-4H3,(H,16,17). The van der Waals surface area contributed by atoms with Gasteiger partial charge in [0.2, 0.25) is 5.91 Å². The van der Waals surface area contributed by atoms with Crippen molar-refractivity contribution in [3.63, 3.8) is 0 Å². The minimum Gasteiger partial charge on any atom is -0.348 e. The van der Waals surface area contributed by atoms with Gasteiger partial charge in [-0.15, -0.1) is 0 Å². The number of hydrogen-bond acceptors (Lipinski definition) is 2. The molecule has 17 heavy (non-hydrogen) atoms. The molecule has 1 aromatic carbocycles. The minimum absolute atomic E-state index is 0.0963. The maximum atomic E-state index is 13.4. The van der Waals surface area contributed by atoms with E-state index in [1.807, 2.05) is 13.0 Å². The van der Waals surface area contributed by atoms with Gasteiger partial charge in [0.25, 0.3) is 0 Å². The summed E-state index contributed by atoms with van der Waals surface area (Å²) in [4.78, 5) is 11.6. The number of likely N-dealkylation sites (N-methyl/N-ethyl adjacent to an activating group) is 1. The van der Waals surface area contributed by atoms with E-state index in [1.54, 1.807) is 27.0 Å². The molecule has 3 nitrogen and oxygen atoms in total. The van der Waals surface area contributed by atoms with Crippen molar-refractivity contribution < 1.29 is 9.18 Å². The molecule has 0 fully saturated rings. The van der Waals surface area contributed by atoms with E-state index >= 15 is 0 Å². The van der Waals surface area contributed by atoms with Crippen molar-refractivity contribution in [2.45, 2.75) is 32.9 Å². The van der Waals surface area contributed by atoms with Crippen LogP contribution in [-0.4, -0.2) is 19.0 Å². The predicted octanol–water partition coefficient (Wildman–Crippen LogP) is 1.92. The highest BCUT2D eigenvalue weighted by atomic mass is 19.1. The highest BCUT2D eigenvalue weighted by Crippen LogP contribution is 2.16. The average molecular weight is 238 g/mol. The maximum Gasteiger partial charge on any atom is 0.237 e. The number of carbonyl (C=O) groups is 1. The van der Waals surface area contributed by atoms with E-state index in [0.717, 1.165) is 5.56 Å². The summed E-state index contributed by atoms with van der Waals surface area (Å²) in [5.74, 6) is -0.341. The van der Waals surface area contributed by atoms with Gasteiger partial charge in [0.05, 0.1) is 12.1 Å². The van der Waals surface area contributed by atoms with Crippen LogP contribution in [0.1, 0.15) is 31.0 Å². The lowest BCUT2D eigenvalue weighted by Crippen LogP contribution is -2.41. The molecule has 0 aromatic heterocycles. The highest BCUT2D eigenvalue weighted by Gasteiger charge is 2.14. The number of rotatable bonds is 4. The Labute approximate surface area is 101 Å². The topological polar surface area (TPSA) is 41.1 Å². The second kappa shape index (κ2) is 5.77. The zero-order valence-corrected chi connectivity index (χ0v) is 10.7. The van der Waals surface area contributed by atoms with Gasteiger partial charge in [0.15, 0.2) is 0 Å². The van der Waals surface area contributed by atoms with Crippen molar-refractivity contribution >= 4 is 5.91 Å². The Kier molecular flexibility index (Phi) is 4.63. The fourth-order valence-corrected chi connectivity index (χ4v) is 1.43. The molecule has 0 aliphatic heterocycles. The zero-order chi connectivity index (χ0) is 13.0. The molecule has 0 heterocycles. The molecular formula is C13H19FN2O. The van der Waals surface area contributed by atoms with Gasteiger partial charge in [-0.1, -0.05) is 12.1 Å². The van der Waals surface area contributed by atoms with Crippen molar-refractivity contribution in [1.82, 2.24) is 10.6 Å². The lowest BCUT2D eigenvalue weighted by atomic mass is 10.1. The van der Waals surface area contributed by atoms with E-state index in [-0.39, 0.29) is 23.8 Å². The lowest BCUT2D eigenvalue weighted by molar-refractivity contribution is -0.123. The molecule has 0 spiro atoms. The number of amides is 1. The van der Waals surface area contributed by atoms with Crippen LogP contribution in [0.15, 0.2) is 18.2 Å². The lowest BCUT2D eigenvalue weighted by Gasteiger charge is -2.17. The second-order valence-electron chi connectivity index (χ2n) is 4.25. The summed E-state index contributed by atoms with van der Waals surface area (Å²) in [5.41, 5.74) is 1.38. The second-order valence-corrected chi connectivity index (χ2v) is 4.25. The van der Waals surface area contributed by atoms with E-state index in [9.17, 15) is 9.18 Å². The van der Waals surface area contributed by atoms with Crippen LogP contribution in [0.3, 0.4) is 0 Å². The van der Waals surface area contributed by atoms with Crippen LogP contribution in [0.2, 0.25) is 0 Å². The Morgan fingerprint density at radius 3 is 2.53 bits per heavy atom. The molecule has 4 heteroatoms. The molecule has 94 valence electrons. The summed E-state index contributed by atoms with van der Waals surface area (Å²) in [6.45, 7) is 5.33. The van der Waals surface area contributed by atoms with Gasteiger partial charge in [-0.2, -0.15) is 0 Å². The van der Waals surface area contributed by atoms with Crippen LogP contribution < -0.4 is 10.6 Å².